The zero-order chi connectivity index (χ0) is 24.8. The van der Waals surface area contributed by atoms with Crippen molar-refractivity contribution in [2.75, 3.05) is 13.2 Å². The molecule has 2 amide bonds. The van der Waals surface area contributed by atoms with Crippen molar-refractivity contribution in [2.45, 2.75) is 63.8 Å². The minimum Gasteiger partial charge on any atom is -0.481 e. The highest BCUT2D eigenvalue weighted by atomic mass is 16.5. The quantitative estimate of drug-likeness (QED) is 0.453. The molecule has 0 aromatic heterocycles. The molecule has 1 unspecified atom stereocenters. The summed E-state index contributed by atoms with van der Waals surface area (Å²) in [5, 5.41) is 15.2. The van der Waals surface area contributed by atoms with E-state index in [9.17, 15) is 19.5 Å². The summed E-state index contributed by atoms with van der Waals surface area (Å²) < 4.78 is 5.62. The summed E-state index contributed by atoms with van der Waals surface area (Å²) in [6, 6.07) is 16.2. The zero-order valence-corrected chi connectivity index (χ0v) is 20.2. The average Bonchev–Trinajstić information content (AvgIpc) is 3.48. The lowest BCUT2D eigenvalue weighted by atomic mass is 9.86. The second-order valence-electron chi connectivity index (χ2n) is 9.68. The van der Waals surface area contributed by atoms with Crippen molar-refractivity contribution in [3.05, 3.63) is 59.7 Å². The lowest BCUT2D eigenvalue weighted by Crippen LogP contribution is -2.42. The fourth-order valence-electron chi connectivity index (χ4n) is 5.36. The number of amides is 2. The first kappa shape index (κ1) is 24.8. The summed E-state index contributed by atoms with van der Waals surface area (Å²) in [6.45, 7) is 2.36. The van der Waals surface area contributed by atoms with Crippen molar-refractivity contribution in [2.24, 2.45) is 5.41 Å². The number of carboxylic acid groups (broad SMARTS) is 1. The first-order chi connectivity index (χ1) is 16.9. The van der Waals surface area contributed by atoms with Gasteiger partial charge >= 0.3 is 12.1 Å². The fourth-order valence-corrected chi connectivity index (χ4v) is 5.36. The molecule has 1 saturated carbocycles. The van der Waals surface area contributed by atoms with Crippen LogP contribution in [0, 0.1) is 5.41 Å². The van der Waals surface area contributed by atoms with Crippen molar-refractivity contribution in [1.29, 1.82) is 0 Å². The molecule has 2 aromatic carbocycles. The maximum Gasteiger partial charge on any atom is 0.407 e. The van der Waals surface area contributed by atoms with Gasteiger partial charge in [-0.15, -0.1) is 0 Å². The van der Waals surface area contributed by atoms with E-state index >= 15 is 0 Å². The Bertz CT molecular complexity index is 1030. The summed E-state index contributed by atoms with van der Waals surface area (Å²) in [5.41, 5.74) is 3.84. The number of carbonyl (C=O) groups excluding carboxylic acids is 2. The van der Waals surface area contributed by atoms with Gasteiger partial charge in [0.05, 0.1) is 5.41 Å². The topological polar surface area (TPSA) is 105 Å². The van der Waals surface area contributed by atoms with E-state index < -0.39 is 17.5 Å². The highest BCUT2D eigenvalue weighted by Gasteiger charge is 2.41. The van der Waals surface area contributed by atoms with Crippen molar-refractivity contribution in [1.82, 2.24) is 10.6 Å². The number of alkyl carbamates (subject to hydrolysis) is 1. The first-order valence-electron chi connectivity index (χ1n) is 12.5. The zero-order valence-electron chi connectivity index (χ0n) is 20.2. The molecule has 4 rings (SSSR count). The number of nitrogens with one attached hydrogen (secondary N) is 2. The molecule has 3 N–H and O–H groups in total. The maximum absolute atomic E-state index is 12.6. The summed E-state index contributed by atoms with van der Waals surface area (Å²) in [4.78, 5) is 36.6. The van der Waals surface area contributed by atoms with E-state index in [1.54, 1.807) is 0 Å². The molecule has 0 bridgehead atoms. The van der Waals surface area contributed by atoms with Crippen LogP contribution in [0.2, 0.25) is 0 Å². The number of aliphatic carboxylic acids is 1. The molecule has 0 heterocycles. The van der Waals surface area contributed by atoms with Gasteiger partial charge in [-0.1, -0.05) is 68.3 Å². The number of carbonyl (C=O) groups is 3. The third-order valence-electron chi connectivity index (χ3n) is 7.52. The third kappa shape index (κ3) is 5.50. The van der Waals surface area contributed by atoms with Gasteiger partial charge in [0.1, 0.15) is 6.61 Å². The minimum atomic E-state index is -0.835. The van der Waals surface area contributed by atoms with Crippen LogP contribution in [-0.4, -0.2) is 42.3 Å². The molecule has 0 aliphatic heterocycles. The monoisotopic (exact) mass is 478 g/mol. The molecule has 2 aliphatic rings. The number of fused-ring (bicyclic) bond motifs is 3. The SMILES string of the molecule is CCC(CCC(=O)NCC1(C(=O)O)CCCC1)NC(=O)OCC1c2ccccc2-c2ccccc21. The average molecular weight is 479 g/mol. The minimum absolute atomic E-state index is 0.00357. The van der Waals surface area contributed by atoms with Crippen LogP contribution in [0.5, 0.6) is 0 Å². The first-order valence-corrected chi connectivity index (χ1v) is 12.5. The van der Waals surface area contributed by atoms with Crippen LogP contribution < -0.4 is 10.6 Å². The van der Waals surface area contributed by atoms with E-state index in [0.717, 1.165) is 24.0 Å². The lowest BCUT2D eigenvalue weighted by molar-refractivity contribution is -0.148. The molecule has 186 valence electrons. The molecule has 1 atom stereocenters. The Balaban J connectivity index is 1.25. The predicted molar refractivity (Wildman–Crippen MR) is 133 cm³/mol. The van der Waals surface area contributed by atoms with Gasteiger partial charge in [-0.25, -0.2) is 4.79 Å². The Morgan fingerprint density at radius 3 is 2.20 bits per heavy atom. The van der Waals surface area contributed by atoms with Gasteiger partial charge < -0.3 is 20.5 Å². The van der Waals surface area contributed by atoms with Gasteiger partial charge in [-0.05, 0) is 47.9 Å². The van der Waals surface area contributed by atoms with Gasteiger partial charge in [0, 0.05) is 24.9 Å². The summed E-state index contributed by atoms with van der Waals surface area (Å²) >= 11 is 0. The van der Waals surface area contributed by atoms with Crippen LogP contribution >= 0.6 is 0 Å². The Kier molecular flexibility index (Phi) is 7.73. The molecule has 1 fully saturated rings. The van der Waals surface area contributed by atoms with E-state index in [2.05, 4.69) is 34.9 Å². The number of carboxylic acids is 1. The molecule has 0 spiro atoms. The van der Waals surface area contributed by atoms with Crippen LogP contribution in [-0.2, 0) is 14.3 Å². The van der Waals surface area contributed by atoms with E-state index in [4.69, 9.17) is 4.74 Å². The van der Waals surface area contributed by atoms with Gasteiger partial charge in [0.2, 0.25) is 5.91 Å². The van der Waals surface area contributed by atoms with Crippen molar-refractivity contribution >= 4 is 18.0 Å². The Morgan fingerprint density at radius 1 is 1.03 bits per heavy atom. The molecule has 0 radical (unpaired) electrons. The number of hydrogen-bond acceptors (Lipinski definition) is 4. The summed E-state index contributed by atoms with van der Waals surface area (Å²) in [5.74, 6) is -1.03. The van der Waals surface area contributed by atoms with Crippen LogP contribution in [0.25, 0.3) is 11.1 Å². The maximum atomic E-state index is 12.6. The molecule has 35 heavy (non-hydrogen) atoms. The van der Waals surface area contributed by atoms with Crippen LogP contribution in [0.1, 0.15) is 68.9 Å². The van der Waals surface area contributed by atoms with E-state index in [-0.39, 0.29) is 37.4 Å². The fraction of sp³-hybridized carbons (Fsp3) is 0.464. The van der Waals surface area contributed by atoms with Gasteiger partial charge in [0.25, 0.3) is 0 Å². The smallest absolute Gasteiger partial charge is 0.407 e. The second-order valence-corrected chi connectivity index (χ2v) is 9.68. The molecular formula is C28H34N2O5. The number of hydrogen-bond donors (Lipinski definition) is 3. The number of ether oxygens (including phenoxy) is 1. The van der Waals surface area contributed by atoms with Gasteiger partial charge in [-0.2, -0.15) is 0 Å². The number of rotatable bonds is 10. The second kappa shape index (κ2) is 10.9. The third-order valence-corrected chi connectivity index (χ3v) is 7.52. The van der Waals surface area contributed by atoms with Crippen molar-refractivity contribution in [3.8, 4) is 11.1 Å². The Hall–Kier alpha value is -3.35. The standard InChI is InChI=1S/C28H34N2O5/c1-2-19(13-14-25(31)29-18-28(26(32)33)15-7-8-16-28)30-27(34)35-17-24-22-11-5-3-9-20(22)21-10-4-6-12-23(21)24/h3-6,9-12,19,24H,2,7-8,13-18H2,1H3,(H,29,31)(H,30,34)(H,32,33). The largest absolute Gasteiger partial charge is 0.481 e. The number of benzene rings is 2. The summed E-state index contributed by atoms with van der Waals surface area (Å²) in [6.07, 6.45) is 3.82. The van der Waals surface area contributed by atoms with E-state index in [1.807, 2.05) is 31.2 Å². The molecule has 7 nitrogen and oxygen atoms in total. The highest BCUT2D eigenvalue weighted by molar-refractivity contribution is 5.80. The predicted octanol–water partition coefficient (Wildman–Crippen LogP) is 4.85. The Morgan fingerprint density at radius 2 is 1.63 bits per heavy atom. The Labute approximate surface area is 206 Å². The van der Waals surface area contributed by atoms with Crippen LogP contribution in [0.4, 0.5) is 4.79 Å². The molecule has 2 aliphatic carbocycles. The molecule has 7 heteroatoms. The lowest BCUT2D eigenvalue weighted by Gasteiger charge is -2.24. The van der Waals surface area contributed by atoms with Crippen LogP contribution in [0.3, 0.4) is 0 Å². The molecular weight excluding hydrogens is 444 g/mol. The highest BCUT2D eigenvalue weighted by Crippen LogP contribution is 2.44. The normalized spacial score (nSPS) is 16.7. The molecule has 2 aromatic rings. The van der Waals surface area contributed by atoms with Crippen molar-refractivity contribution in [3.63, 3.8) is 0 Å². The van der Waals surface area contributed by atoms with Gasteiger partial charge in [0.15, 0.2) is 0 Å². The van der Waals surface area contributed by atoms with Crippen LogP contribution in [0.15, 0.2) is 48.5 Å². The molecule has 0 saturated heterocycles. The summed E-state index contributed by atoms with van der Waals surface area (Å²) in [7, 11) is 0. The van der Waals surface area contributed by atoms with E-state index in [1.165, 1.54) is 11.1 Å². The van der Waals surface area contributed by atoms with E-state index in [0.29, 0.717) is 25.7 Å². The van der Waals surface area contributed by atoms with Gasteiger partial charge in [-0.3, -0.25) is 9.59 Å². The van der Waals surface area contributed by atoms with Crippen molar-refractivity contribution < 1.29 is 24.2 Å².